The van der Waals surface area contributed by atoms with E-state index in [9.17, 15) is 9.90 Å². The fourth-order valence-electron chi connectivity index (χ4n) is 2.35. The van der Waals surface area contributed by atoms with Gasteiger partial charge in [0.25, 0.3) is 0 Å². The number of likely N-dealkylation sites (tertiary alicyclic amines) is 1. The molecular formula is C13H26N2O2. The smallest absolute Gasteiger partial charge is 0.149 e. The number of likely N-dealkylation sites (N-methyl/N-ethyl adjacent to an activating group) is 1. The Morgan fingerprint density at radius 3 is 2.71 bits per heavy atom. The zero-order chi connectivity index (χ0) is 13.0. The second-order valence-electron chi connectivity index (χ2n) is 5.51. The van der Waals surface area contributed by atoms with Crippen LogP contribution in [0.3, 0.4) is 0 Å². The summed E-state index contributed by atoms with van der Waals surface area (Å²) in [7, 11) is 4.05. The molecule has 0 aromatic heterocycles. The normalized spacial score (nSPS) is 27.6. The molecule has 0 amide bonds. The first-order valence-electron chi connectivity index (χ1n) is 6.53. The molecule has 0 aromatic carbocycles. The average Bonchev–Trinajstić information content (AvgIpc) is 2.56. The number of aliphatic hydroxyl groups excluding tert-OH is 1. The lowest BCUT2D eigenvalue weighted by molar-refractivity contribution is -0.123. The Morgan fingerprint density at radius 1 is 1.53 bits per heavy atom. The van der Waals surface area contributed by atoms with E-state index in [0.29, 0.717) is 24.9 Å². The van der Waals surface area contributed by atoms with Crippen LogP contribution in [0.2, 0.25) is 0 Å². The van der Waals surface area contributed by atoms with Crippen LogP contribution in [0.4, 0.5) is 0 Å². The molecule has 17 heavy (non-hydrogen) atoms. The molecule has 4 heteroatoms. The van der Waals surface area contributed by atoms with Gasteiger partial charge in [0.2, 0.25) is 0 Å². The Balaban J connectivity index is 2.52. The standard InChI is InChI=1S/C13H26N2O2/c1-5-10(2)13(17)9-15-8-12(16)6-11(15)7-14(3)4/h10-12,16H,5-9H2,1-4H3. The van der Waals surface area contributed by atoms with Crippen molar-refractivity contribution in [3.8, 4) is 0 Å². The van der Waals surface area contributed by atoms with Crippen molar-refractivity contribution in [2.75, 3.05) is 33.7 Å². The first kappa shape index (κ1) is 14.6. The fourth-order valence-corrected chi connectivity index (χ4v) is 2.35. The molecule has 4 nitrogen and oxygen atoms in total. The predicted octanol–water partition coefficient (Wildman–Crippen LogP) is 0.598. The molecule has 0 radical (unpaired) electrons. The highest BCUT2D eigenvalue weighted by Gasteiger charge is 2.32. The van der Waals surface area contributed by atoms with E-state index in [1.165, 1.54) is 0 Å². The molecule has 1 rings (SSSR count). The molecule has 0 bridgehead atoms. The van der Waals surface area contributed by atoms with Crippen molar-refractivity contribution in [2.45, 2.75) is 38.8 Å². The van der Waals surface area contributed by atoms with Gasteiger partial charge in [-0.05, 0) is 26.9 Å². The van der Waals surface area contributed by atoms with Gasteiger partial charge < -0.3 is 10.0 Å². The quantitative estimate of drug-likeness (QED) is 0.741. The van der Waals surface area contributed by atoms with Gasteiger partial charge in [0, 0.05) is 25.0 Å². The van der Waals surface area contributed by atoms with Crippen LogP contribution in [0, 0.1) is 5.92 Å². The van der Waals surface area contributed by atoms with Gasteiger partial charge in [-0.3, -0.25) is 9.69 Å². The zero-order valence-corrected chi connectivity index (χ0v) is 11.5. The zero-order valence-electron chi connectivity index (χ0n) is 11.5. The van der Waals surface area contributed by atoms with Crippen LogP contribution in [0.5, 0.6) is 0 Å². The second-order valence-corrected chi connectivity index (χ2v) is 5.51. The molecule has 1 saturated heterocycles. The van der Waals surface area contributed by atoms with Gasteiger partial charge in [0.1, 0.15) is 5.78 Å². The molecule has 100 valence electrons. The van der Waals surface area contributed by atoms with Crippen molar-refractivity contribution >= 4 is 5.78 Å². The predicted molar refractivity (Wildman–Crippen MR) is 69.0 cm³/mol. The Labute approximate surface area is 105 Å². The average molecular weight is 242 g/mol. The van der Waals surface area contributed by atoms with Crippen LogP contribution in [-0.2, 0) is 4.79 Å². The molecule has 3 atom stereocenters. The van der Waals surface area contributed by atoms with Crippen molar-refractivity contribution in [1.82, 2.24) is 9.80 Å². The maximum absolute atomic E-state index is 11.9. The van der Waals surface area contributed by atoms with Crippen molar-refractivity contribution < 1.29 is 9.90 Å². The van der Waals surface area contributed by atoms with Gasteiger partial charge in [-0.25, -0.2) is 0 Å². The molecule has 0 spiro atoms. The third-order valence-electron chi connectivity index (χ3n) is 3.60. The maximum Gasteiger partial charge on any atom is 0.149 e. The molecule has 0 saturated carbocycles. The molecule has 1 aliphatic heterocycles. The first-order chi connectivity index (χ1) is 7.93. The van der Waals surface area contributed by atoms with Gasteiger partial charge in [0.15, 0.2) is 0 Å². The summed E-state index contributed by atoms with van der Waals surface area (Å²) in [4.78, 5) is 16.2. The van der Waals surface area contributed by atoms with E-state index in [1.807, 2.05) is 27.9 Å². The van der Waals surface area contributed by atoms with E-state index in [-0.39, 0.29) is 12.0 Å². The summed E-state index contributed by atoms with van der Waals surface area (Å²) < 4.78 is 0. The number of carbonyl (C=O) groups excluding carboxylic acids is 1. The highest BCUT2D eigenvalue weighted by Crippen LogP contribution is 2.19. The number of β-amino-alcohol motifs (C(OH)–C–C–N with tert-alkyl or cyclic N) is 1. The SMILES string of the molecule is CCC(C)C(=O)CN1CC(O)CC1CN(C)C. The fraction of sp³-hybridized carbons (Fsp3) is 0.923. The molecule has 0 aromatic rings. The molecule has 0 aliphatic carbocycles. The van der Waals surface area contributed by atoms with Crippen molar-refractivity contribution in [2.24, 2.45) is 5.92 Å². The van der Waals surface area contributed by atoms with Crippen molar-refractivity contribution in [3.63, 3.8) is 0 Å². The highest BCUT2D eigenvalue weighted by atomic mass is 16.3. The molecule has 1 fully saturated rings. The minimum Gasteiger partial charge on any atom is -0.392 e. The minimum atomic E-state index is -0.273. The van der Waals surface area contributed by atoms with Crippen LogP contribution in [-0.4, -0.2) is 66.6 Å². The first-order valence-corrected chi connectivity index (χ1v) is 6.53. The Morgan fingerprint density at radius 2 is 2.18 bits per heavy atom. The van der Waals surface area contributed by atoms with E-state index >= 15 is 0 Å². The van der Waals surface area contributed by atoms with E-state index in [0.717, 1.165) is 19.4 Å². The number of rotatable bonds is 6. The summed E-state index contributed by atoms with van der Waals surface area (Å²) in [6, 6.07) is 0.313. The van der Waals surface area contributed by atoms with Crippen LogP contribution in [0.25, 0.3) is 0 Å². The number of hydrogen-bond acceptors (Lipinski definition) is 4. The lowest BCUT2D eigenvalue weighted by Gasteiger charge is -2.26. The van der Waals surface area contributed by atoms with E-state index in [4.69, 9.17) is 0 Å². The lowest BCUT2D eigenvalue weighted by atomic mass is 10.0. The Kier molecular flexibility index (Phi) is 5.56. The minimum absolute atomic E-state index is 0.132. The third-order valence-corrected chi connectivity index (χ3v) is 3.60. The summed E-state index contributed by atoms with van der Waals surface area (Å²) >= 11 is 0. The highest BCUT2D eigenvalue weighted by molar-refractivity contribution is 5.82. The largest absolute Gasteiger partial charge is 0.392 e. The van der Waals surface area contributed by atoms with Crippen LogP contribution in [0.1, 0.15) is 26.7 Å². The van der Waals surface area contributed by atoms with E-state index in [1.54, 1.807) is 0 Å². The van der Waals surface area contributed by atoms with Crippen LogP contribution < -0.4 is 0 Å². The monoisotopic (exact) mass is 242 g/mol. The number of carbonyl (C=O) groups is 1. The van der Waals surface area contributed by atoms with Crippen molar-refractivity contribution in [1.29, 1.82) is 0 Å². The Hall–Kier alpha value is -0.450. The van der Waals surface area contributed by atoms with Gasteiger partial charge in [-0.1, -0.05) is 13.8 Å². The number of hydrogen-bond donors (Lipinski definition) is 1. The summed E-state index contributed by atoms with van der Waals surface area (Å²) in [5.74, 6) is 0.429. The summed E-state index contributed by atoms with van der Waals surface area (Å²) in [5, 5.41) is 9.72. The number of ketones is 1. The van der Waals surface area contributed by atoms with Gasteiger partial charge in [-0.2, -0.15) is 0 Å². The maximum atomic E-state index is 11.9. The number of Topliss-reactive ketones (excluding diaryl/α,β-unsaturated/α-hetero) is 1. The van der Waals surface area contributed by atoms with Crippen LogP contribution in [0.15, 0.2) is 0 Å². The number of aliphatic hydroxyl groups is 1. The summed E-state index contributed by atoms with van der Waals surface area (Å²) in [6.45, 7) is 6.06. The van der Waals surface area contributed by atoms with Gasteiger partial charge >= 0.3 is 0 Å². The molecule has 1 aliphatic rings. The lowest BCUT2D eigenvalue weighted by Crippen LogP contribution is -2.41. The topological polar surface area (TPSA) is 43.8 Å². The van der Waals surface area contributed by atoms with Crippen LogP contribution >= 0.6 is 0 Å². The third kappa shape index (κ3) is 4.37. The second kappa shape index (κ2) is 6.47. The Bertz CT molecular complexity index is 256. The molecule has 1 N–H and O–H groups in total. The van der Waals surface area contributed by atoms with Crippen molar-refractivity contribution in [3.05, 3.63) is 0 Å². The molecule has 3 unspecified atom stereocenters. The van der Waals surface area contributed by atoms with Gasteiger partial charge in [0.05, 0.1) is 12.6 Å². The van der Waals surface area contributed by atoms with E-state index < -0.39 is 0 Å². The number of nitrogens with zero attached hydrogens (tertiary/aromatic N) is 2. The summed E-state index contributed by atoms with van der Waals surface area (Å²) in [6.07, 6.45) is 1.41. The van der Waals surface area contributed by atoms with E-state index in [2.05, 4.69) is 9.80 Å². The molecule has 1 heterocycles. The molecular weight excluding hydrogens is 216 g/mol. The van der Waals surface area contributed by atoms with Gasteiger partial charge in [-0.15, -0.1) is 0 Å². The summed E-state index contributed by atoms with van der Waals surface area (Å²) in [5.41, 5.74) is 0.